The van der Waals surface area contributed by atoms with Gasteiger partial charge in [0.25, 0.3) is 0 Å². The van der Waals surface area contributed by atoms with Crippen molar-refractivity contribution in [3.63, 3.8) is 0 Å². The molecule has 1 aromatic carbocycles. The molecule has 0 aliphatic rings. The van der Waals surface area contributed by atoms with Crippen molar-refractivity contribution in [3.8, 4) is 5.75 Å². The molecule has 5 heteroatoms. The SMILES string of the molecule is Oc1cccc2n[nH]nc12.[K]. The number of rotatable bonds is 0. The third kappa shape index (κ3) is 1.62. The van der Waals surface area contributed by atoms with Gasteiger partial charge in [0, 0.05) is 51.4 Å². The third-order valence-corrected chi connectivity index (χ3v) is 1.33. The zero-order chi connectivity index (χ0) is 6.97. The summed E-state index contributed by atoms with van der Waals surface area (Å²) < 4.78 is 0. The quantitative estimate of drug-likeness (QED) is 0.564. The maximum Gasteiger partial charge on any atom is 0.154 e. The number of nitrogens with one attached hydrogen (secondary N) is 1. The molecule has 0 saturated carbocycles. The largest absolute Gasteiger partial charge is 0.506 e. The summed E-state index contributed by atoms with van der Waals surface area (Å²) in [6.07, 6.45) is 0. The van der Waals surface area contributed by atoms with Crippen molar-refractivity contribution >= 4 is 62.4 Å². The Kier molecular flexibility index (Phi) is 3.03. The summed E-state index contributed by atoms with van der Waals surface area (Å²) in [6.45, 7) is 0. The fraction of sp³-hybridized carbons (Fsp3) is 0. The van der Waals surface area contributed by atoms with Gasteiger partial charge in [0.05, 0.1) is 0 Å². The maximum atomic E-state index is 9.14. The molecule has 0 aliphatic carbocycles. The molecule has 51 valence electrons. The zero-order valence-corrected chi connectivity index (χ0v) is 9.20. The van der Waals surface area contributed by atoms with Gasteiger partial charge < -0.3 is 5.11 Å². The van der Waals surface area contributed by atoms with E-state index in [2.05, 4.69) is 15.4 Å². The van der Waals surface area contributed by atoms with Crippen LogP contribution in [0, 0.1) is 0 Å². The summed E-state index contributed by atoms with van der Waals surface area (Å²) in [4.78, 5) is 0. The monoisotopic (exact) mass is 174 g/mol. The summed E-state index contributed by atoms with van der Waals surface area (Å²) in [7, 11) is 0. The molecule has 0 fully saturated rings. The first-order chi connectivity index (χ1) is 4.88. The number of hydrogen-bond acceptors (Lipinski definition) is 3. The summed E-state index contributed by atoms with van der Waals surface area (Å²) in [5, 5.41) is 19.1. The fourth-order valence-corrected chi connectivity index (χ4v) is 0.853. The normalized spacial score (nSPS) is 9.45. The Morgan fingerprint density at radius 3 is 2.82 bits per heavy atom. The van der Waals surface area contributed by atoms with Crippen LogP contribution in [0.1, 0.15) is 0 Å². The first kappa shape index (κ1) is 9.15. The maximum absolute atomic E-state index is 9.14. The van der Waals surface area contributed by atoms with E-state index in [-0.39, 0.29) is 57.1 Å². The molecule has 0 saturated heterocycles. The van der Waals surface area contributed by atoms with Gasteiger partial charge in [-0.3, -0.25) is 0 Å². The summed E-state index contributed by atoms with van der Waals surface area (Å²) in [6, 6.07) is 5.07. The van der Waals surface area contributed by atoms with Crippen molar-refractivity contribution in [2.45, 2.75) is 0 Å². The van der Waals surface area contributed by atoms with Crippen molar-refractivity contribution in [2.75, 3.05) is 0 Å². The molecule has 2 rings (SSSR count). The molecule has 2 N–H and O–H groups in total. The van der Waals surface area contributed by atoms with E-state index in [1.165, 1.54) is 0 Å². The first-order valence-electron chi connectivity index (χ1n) is 2.86. The van der Waals surface area contributed by atoms with Crippen LogP contribution < -0.4 is 0 Å². The Morgan fingerprint density at radius 1 is 1.27 bits per heavy atom. The predicted molar refractivity (Wildman–Crippen MR) is 41.3 cm³/mol. The second-order valence-electron chi connectivity index (χ2n) is 1.97. The van der Waals surface area contributed by atoms with E-state index in [0.29, 0.717) is 11.0 Å². The van der Waals surface area contributed by atoms with Crippen molar-refractivity contribution in [1.29, 1.82) is 0 Å². The van der Waals surface area contributed by atoms with Crippen molar-refractivity contribution in [1.82, 2.24) is 15.4 Å². The molecular formula is C6H5KN3O. The molecule has 11 heavy (non-hydrogen) atoms. The van der Waals surface area contributed by atoms with Crippen LogP contribution >= 0.6 is 0 Å². The summed E-state index contributed by atoms with van der Waals surface area (Å²) in [5.74, 6) is 0.159. The average Bonchev–Trinajstić information content (AvgIpc) is 2.36. The van der Waals surface area contributed by atoms with Gasteiger partial charge in [-0.2, -0.15) is 15.4 Å². The number of fused-ring (bicyclic) bond motifs is 1. The number of phenols is 1. The van der Waals surface area contributed by atoms with Crippen molar-refractivity contribution in [3.05, 3.63) is 18.2 Å². The van der Waals surface area contributed by atoms with Gasteiger partial charge in [-0.05, 0) is 12.1 Å². The molecule has 4 nitrogen and oxygen atoms in total. The van der Waals surface area contributed by atoms with E-state index >= 15 is 0 Å². The van der Waals surface area contributed by atoms with Gasteiger partial charge >= 0.3 is 0 Å². The van der Waals surface area contributed by atoms with Gasteiger partial charge in [-0.1, -0.05) is 6.07 Å². The Balaban J connectivity index is 0.000000605. The number of H-pyrrole nitrogens is 1. The summed E-state index contributed by atoms with van der Waals surface area (Å²) >= 11 is 0. The van der Waals surface area contributed by atoms with Crippen LogP contribution in [0.3, 0.4) is 0 Å². The van der Waals surface area contributed by atoms with E-state index in [4.69, 9.17) is 5.11 Å². The van der Waals surface area contributed by atoms with Crippen LogP contribution in [0.25, 0.3) is 11.0 Å². The second-order valence-corrected chi connectivity index (χ2v) is 1.97. The molecule has 2 aromatic rings. The average molecular weight is 174 g/mol. The van der Waals surface area contributed by atoms with Crippen LogP contribution in [-0.2, 0) is 0 Å². The van der Waals surface area contributed by atoms with Crippen molar-refractivity contribution < 1.29 is 5.11 Å². The molecule has 1 aromatic heterocycles. The van der Waals surface area contributed by atoms with E-state index < -0.39 is 0 Å². The minimum Gasteiger partial charge on any atom is -0.506 e. The van der Waals surface area contributed by atoms with Crippen LogP contribution in [-0.4, -0.2) is 71.9 Å². The number of aromatic amines is 1. The van der Waals surface area contributed by atoms with Gasteiger partial charge in [0.1, 0.15) is 11.3 Å². The van der Waals surface area contributed by atoms with Crippen LogP contribution in [0.4, 0.5) is 0 Å². The minimum atomic E-state index is 0. The molecule has 1 radical (unpaired) electrons. The van der Waals surface area contributed by atoms with E-state index in [1.54, 1.807) is 18.2 Å². The fourth-order valence-electron chi connectivity index (χ4n) is 0.853. The molecule has 0 unspecified atom stereocenters. The van der Waals surface area contributed by atoms with E-state index in [0.717, 1.165) is 0 Å². The molecule has 0 atom stereocenters. The Bertz CT molecular complexity index is 359. The second kappa shape index (κ2) is 3.64. The van der Waals surface area contributed by atoms with Crippen LogP contribution in [0.5, 0.6) is 5.75 Å². The minimum absolute atomic E-state index is 0. The Morgan fingerprint density at radius 2 is 2.09 bits per heavy atom. The number of nitrogens with zero attached hydrogens (tertiary/aromatic N) is 2. The predicted octanol–water partition coefficient (Wildman–Crippen LogP) is 0.283. The van der Waals surface area contributed by atoms with Crippen LogP contribution in [0.15, 0.2) is 18.2 Å². The first-order valence-corrected chi connectivity index (χ1v) is 2.86. The standard InChI is InChI=1S/C6H5N3O.K/c10-5-3-1-2-4-6(5)8-9-7-4;/h1-3,10H,(H,7,8,9);. The molecule has 1 heterocycles. The van der Waals surface area contributed by atoms with E-state index in [9.17, 15) is 0 Å². The van der Waals surface area contributed by atoms with Gasteiger partial charge in [-0.25, -0.2) is 0 Å². The number of benzene rings is 1. The number of aromatic hydroxyl groups is 1. The molecular weight excluding hydrogens is 169 g/mol. The van der Waals surface area contributed by atoms with Gasteiger partial charge in [0.15, 0.2) is 5.52 Å². The number of aromatic nitrogens is 3. The zero-order valence-electron chi connectivity index (χ0n) is 6.07. The number of para-hydroxylation sites is 1. The number of hydrogen-bond donors (Lipinski definition) is 2. The van der Waals surface area contributed by atoms with E-state index in [1.807, 2.05) is 0 Å². The van der Waals surface area contributed by atoms with Gasteiger partial charge in [0.2, 0.25) is 0 Å². The third-order valence-electron chi connectivity index (χ3n) is 1.33. The molecule has 0 amide bonds. The molecule has 0 bridgehead atoms. The summed E-state index contributed by atoms with van der Waals surface area (Å²) in [5.41, 5.74) is 1.20. The topological polar surface area (TPSA) is 61.8 Å². The Labute approximate surface area is 105 Å². The molecule has 0 spiro atoms. The number of phenolic OH excluding ortho intramolecular Hbond substituents is 1. The molecule has 0 aliphatic heterocycles. The van der Waals surface area contributed by atoms with Crippen molar-refractivity contribution in [2.24, 2.45) is 0 Å². The Hall–Kier alpha value is 0.0564. The smallest absolute Gasteiger partial charge is 0.154 e. The van der Waals surface area contributed by atoms with Gasteiger partial charge in [-0.15, -0.1) is 0 Å². The van der Waals surface area contributed by atoms with Crippen LogP contribution in [0.2, 0.25) is 0 Å².